The van der Waals surface area contributed by atoms with Crippen molar-refractivity contribution in [2.75, 3.05) is 20.2 Å². The molecule has 0 radical (unpaired) electrons. The smallest absolute Gasteiger partial charge is 0.232 e. The number of methoxy groups -OCH3 is 1. The molecular formula is C26H25ClFN3O2. The summed E-state index contributed by atoms with van der Waals surface area (Å²) in [6, 6.07) is 11.0. The average Bonchev–Trinajstić information content (AvgIpc) is 3.27. The molecule has 5 nitrogen and oxygen atoms in total. The van der Waals surface area contributed by atoms with Gasteiger partial charge in [-0.25, -0.2) is 14.4 Å². The van der Waals surface area contributed by atoms with Crippen molar-refractivity contribution < 1.29 is 13.9 Å². The van der Waals surface area contributed by atoms with Crippen LogP contribution in [0.15, 0.2) is 48.8 Å². The number of allylic oxidation sites excluding steroid dienone is 1. The van der Waals surface area contributed by atoms with Gasteiger partial charge in [0, 0.05) is 12.1 Å². The molecular weight excluding hydrogens is 441 g/mol. The summed E-state index contributed by atoms with van der Waals surface area (Å²) in [7, 11) is 1.67. The Balaban J connectivity index is 1.62. The number of hydrogen-bond acceptors (Lipinski definition) is 5. The monoisotopic (exact) mass is 465 g/mol. The molecule has 0 bridgehead atoms. The van der Waals surface area contributed by atoms with Crippen LogP contribution in [0.5, 0.6) is 11.6 Å². The highest BCUT2D eigenvalue weighted by Crippen LogP contribution is 2.40. The molecule has 0 amide bonds. The van der Waals surface area contributed by atoms with Crippen molar-refractivity contribution >= 4 is 22.7 Å². The summed E-state index contributed by atoms with van der Waals surface area (Å²) in [5.74, 6) is 0.894. The number of aromatic nitrogens is 2. The molecule has 2 aliphatic rings. The number of ether oxygens (including phenoxy) is 2. The van der Waals surface area contributed by atoms with Crippen molar-refractivity contribution in [1.82, 2.24) is 15.3 Å². The molecule has 1 unspecified atom stereocenters. The summed E-state index contributed by atoms with van der Waals surface area (Å²) >= 11 is 5.96. The van der Waals surface area contributed by atoms with Crippen molar-refractivity contribution in [3.05, 3.63) is 82.0 Å². The van der Waals surface area contributed by atoms with Gasteiger partial charge in [-0.15, -0.1) is 0 Å². The van der Waals surface area contributed by atoms with Gasteiger partial charge < -0.3 is 14.8 Å². The van der Waals surface area contributed by atoms with Gasteiger partial charge in [0.15, 0.2) is 0 Å². The Kier molecular flexibility index (Phi) is 6.29. The summed E-state index contributed by atoms with van der Waals surface area (Å²) in [5.41, 5.74) is 5.74. The molecule has 2 heterocycles. The molecule has 1 fully saturated rings. The van der Waals surface area contributed by atoms with Crippen LogP contribution in [0.4, 0.5) is 4.39 Å². The molecule has 7 heteroatoms. The Morgan fingerprint density at radius 3 is 2.73 bits per heavy atom. The molecule has 1 aliphatic heterocycles. The molecule has 1 N–H and O–H groups in total. The highest BCUT2D eigenvalue weighted by Gasteiger charge is 2.23. The lowest BCUT2D eigenvalue weighted by Gasteiger charge is -2.17. The molecule has 0 spiro atoms. The minimum atomic E-state index is -0.430. The predicted molar refractivity (Wildman–Crippen MR) is 127 cm³/mol. The van der Waals surface area contributed by atoms with Crippen molar-refractivity contribution in [2.24, 2.45) is 0 Å². The van der Waals surface area contributed by atoms with E-state index < -0.39 is 5.82 Å². The van der Waals surface area contributed by atoms with Gasteiger partial charge >= 0.3 is 0 Å². The maximum Gasteiger partial charge on any atom is 0.232 e. The highest BCUT2D eigenvalue weighted by molar-refractivity contribution is 6.30. The average molecular weight is 466 g/mol. The zero-order chi connectivity index (χ0) is 22.8. The normalized spacial score (nSPS) is 18.1. The van der Waals surface area contributed by atoms with Gasteiger partial charge in [0.05, 0.1) is 30.2 Å². The number of fused-ring (bicyclic) bond motifs is 1. The number of nitrogens with zero attached hydrogens (tertiary/aromatic N) is 2. The minimum Gasteiger partial charge on any atom is -0.497 e. The van der Waals surface area contributed by atoms with Crippen LogP contribution in [0.25, 0.3) is 11.1 Å². The van der Waals surface area contributed by atoms with E-state index in [0.717, 1.165) is 72.5 Å². The molecule has 1 aliphatic carbocycles. The first-order valence-corrected chi connectivity index (χ1v) is 11.6. The second-order valence-corrected chi connectivity index (χ2v) is 8.74. The predicted octanol–water partition coefficient (Wildman–Crippen LogP) is 5.31. The fourth-order valence-corrected chi connectivity index (χ4v) is 4.68. The third kappa shape index (κ3) is 4.59. The third-order valence-corrected chi connectivity index (χ3v) is 6.52. The Morgan fingerprint density at radius 1 is 1.09 bits per heavy atom. The van der Waals surface area contributed by atoms with Crippen molar-refractivity contribution in [1.29, 1.82) is 0 Å². The minimum absolute atomic E-state index is 0.113. The lowest BCUT2D eigenvalue weighted by Crippen LogP contribution is -2.20. The van der Waals surface area contributed by atoms with Gasteiger partial charge in [-0.3, -0.25) is 0 Å². The van der Waals surface area contributed by atoms with Crippen LogP contribution in [0.3, 0.4) is 0 Å². The molecule has 2 aromatic carbocycles. The van der Waals surface area contributed by atoms with Crippen molar-refractivity contribution in [2.45, 2.75) is 31.8 Å². The fraction of sp³-hybridized carbons (Fsp3) is 0.308. The van der Waals surface area contributed by atoms with E-state index in [-0.39, 0.29) is 11.1 Å². The van der Waals surface area contributed by atoms with Crippen molar-refractivity contribution in [3.63, 3.8) is 0 Å². The van der Waals surface area contributed by atoms with Gasteiger partial charge in [0.1, 0.15) is 17.7 Å². The van der Waals surface area contributed by atoms with Crippen LogP contribution >= 0.6 is 11.6 Å². The summed E-state index contributed by atoms with van der Waals surface area (Å²) < 4.78 is 25.8. The standard InChI is InChI=1S/C26H25ClFN3O2/c1-32-18-6-7-21-16(11-18)3-2-4-20(17-5-8-22(27)23(28)12-17)26(21)24-14-31-25(15-30-24)33-19-9-10-29-13-19/h5-8,11-12,14-15,19,29H,2-4,9-10,13H2,1H3. The second-order valence-electron chi connectivity index (χ2n) is 8.33. The molecule has 5 rings (SSSR count). The number of benzene rings is 2. The zero-order valence-corrected chi connectivity index (χ0v) is 19.2. The number of nitrogens with one attached hydrogen (secondary N) is 1. The van der Waals surface area contributed by atoms with Gasteiger partial charge in [-0.1, -0.05) is 23.7 Å². The Labute approximate surface area is 197 Å². The Bertz CT molecular complexity index is 1190. The fourth-order valence-electron chi connectivity index (χ4n) is 4.56. The lowest BCUT2D eigenvalue weighted by molar-refractivity contribution is 0.213. The van der Waals surface area contributed by atoms with Crippen molar-refractivity contribution in [3.8, 4) is 11.6 Å². The van der Waals surface area contributed by atoms with E-state index in [1.807, 2.05) is 12.1 Å². The Morgan fingerprint density at radius 2 is 2.00 bits per heavy atom. The van der Waals surface area contributed by atoms with Gasteiger partial charge in [-0.2, -0.15) is 0 Å². The number of rotatable bonds is 5. The van der Waals surface area contributed by atoms with Crippen LogP contribution in [-0.4, -0.2) is 36.3 Å². The van der Waals surface area contributed by atoms with Gasteiger partial charge in [0.25, 0.3) is 0 Å². The van der Waals surface area contributed by atoms with Crippen LogP contribution in [0, 0.1) is 5.82 Å². The van der Waals surface area contributed by atoms with E-state index in [1.165, 1.54) is 11.6 Å². The van der Waals surface area contributed by atoms with Crippen LogP contribution < -0.4 is 14.8 Å². The zero-order valence-electron chi connectivity index (χ0n) is 18.4. The highest BCUT2D eigenvalue weighted by atomic mass is 35.5. The molecule has 0 saturated carbocycles. The maximum atomic E-state index is 14.4. The molecule has 1 atom stereocenters. The molecule has 1 saturated heterocycles. The maximum absolute atomic E-state index is 14.4. The third-order valence-electron chi connectivity index (χ3n) is 6.21. The van der Waals surface area contributed by atoms with E-state index in [1.54, 1.807) is 25.6 Å². The molecule has 3 aromatic rings. The molecule has 170 valence electrons. The van der Waals surface area contributed by atoms with Crippen LogP contribution in [0.2, 0.25) is 5.02 Å². The quantitative estimate of drug-likeness (QED) is 0.553. The van der Waals surface area contributed by atoms with E-state index in [9.17, 15) is 4.39 Å². The number of aryl methyl sites for hydroxylation is 1. The SMILES string of the molecule is COc1ccc2c(c1)CCCC(c1ccc(Cl)c(F)c1)=C2c1cnc(OC2CCNC2)cn1. The molecule has 33 heavy (non-hydrogen) atoms. The number of hydrogen-bond donors (Lipinski definition) is 1. The second kappa shape index (κ2) is 9.49. The summed E-state index contributed by atoms with van der Waals surface area (Å²) in [5, 5.41) is 3.40. The number of halogens is 2. The van der Waals surface area contributed by atoms with Crippen LogP contribution in [0.1, 0.15) is 41.6 Å². The van der Waals surface area contributed by atoms with Gasteiger partial charge in [0.2, 0.25) is 5.88 Å². The van der Waals surface area contributed by atoms with Gasteiger partial charge in [-0.05, 0) is 78.8 Å². The molecule has 1 aromatic heterocycles. The largest absolute Gasteiger partial charge is 0.497 e. The first-order chi connectivity index (χ1) is 16.1. The first kappa shape index (κ1) is 21.9. The van der Waals surface area contributed by atoms with E-state index >= 15 is 0 Å². The van der Waals surface area contributed by atoms with E-state index in [0.29, 0.717) is 5.88 Å². The van der Waals surface area contributed by atoms with Crippen LogP contribution in [-0.2, 0) is 6.42 Å². The summed E-state index contributed by atoms with van der Waals surface area (Å²) in [4.78, 5) is 9.27. The summed E-state index contributed by atoms with van der Waals surface area (Å²) in [6.07, 6.45) is 7.08. The Hall–Kier alpha value is -2.96. The van der Waals surface area contributed by atoms with E-state index in [4.69, 9.17) is 26.1 Å². The van der Waals surface area contributed by atoms with E-state index in [2.05, 4.69) is 22.4 Å². The topological polar surface area (TPSA) is 56.3 Å². The first-order valence-electron chi connectivity index (χ1n) is 11.2. The lowest BCUT2D eigenvalue weighted by atomic mass is 9.90. The summed E-state index contributed by atoms with van der Waals surface area (Å²) in [6.45, 7) is 1.76.